The fourth-order valence-corrected chi connectivity index (χ4v) is 6.16. The van der Waals surface area contributed by atoms with Crippen LogP contribution in [0, 0.1) is 5.92 Å². The van der Waals surface area contributed by atoms with Gasteiger partial charge in [0.1, 0.15) is 5.82 Å². The number of imide groups is 1. The number of aliphatic hydroxyl groups is 1. The van der Waals surface area contributed by atoms with Gasteiger partial charge in [0, 0.05) is 38.1 Å². The minimum absolute atomic E-state index is 0.156. The smallest absolute Gasteiger partial charge is 0.261 e. The molecule has 0 spiro atoms. The number of nitrogens with zero attached hydrogens (tertiary/aromatic N) is 4. The number of fused-ring (bicyclic) bond motifs is 2. The van der Waals surface area contributed by atoms with Gasteiger partial charge in [-0.2, -0.15) is 4.37 Å². The lowest BCUT2D eigenvalue weighted by Crippen LogP contribution is -2.47. The maximum Gasteiger partial charge on any atom is 0.261 e. The predicted octanol–water partition coefficient (Wildman–Crippen LogP) is 2.49. The van der Waals surface area contributed by atoms with E-state index in [1.165, 1.54) is 15.0 Å². The second-order valence-corrected chi connectivity index (χ2v) is 9.86. The van der Waals surface area contributed by atoms with Crippen molar-refractivity contribution in [1.82, 2.24) is 14.2 Å². The molecular weight excluding hydrogens is 412 g/mol. The van der Waals surface area contributed by atoms with Gasteiger partial charge in [-0.05, 0) is 62.3 Å². The molecule has 1 N–H and O–H groups in total. The summed E-state index contributed by atoms with van der Waals surface area (Å²) >= 11 is 1.56. The highest BCUT2D eigenvalue weighted by atomic mass is 32.1. The number of carbonyl (C=O) groups is 2. The Labute approximate surface area is 186 Å². The van der Waals surface area contributed by atoms with E-state index in [1.807, 2.05) is 0 Å². The van der Waals surface area contributed by atoms with E-state index < -0.39 is 11.5 Å². The van der Waals surface area contributed by atoms with E-state index in [0.29, 0.717) is 19.4 Å². The first kappa shape index (κ1) is 20.8. The molecule has 31 heavy (non-hydrogen) atoms. The van der Waals surface area contributed by atoms with Crippen LogP contribution in [0.3, 0.4) is 0 Å². The molecule has 3 aliphatic rings. The fourth-order valence-electron chi connectivity index (χ4n) is 5.36. The summed E-state index contributed by atoms with van der Waals surface area (Å²) in [6.45, 7) is 5.32. The van der Waals surface area contributed by atoms with Crippen LogP contribution in [0.4, 0.5) is 5.82 Å². The third-order valence-corrected chi connectivity index (χ3v) is 8.01. The minimum atomic E-state index is -1.43. The summed E-state index contributed by atoms with van der Waals surface area (Å²) in [5.41, 5.74) is -1.43. The largest absolute Gasteiger partial charge is 0.379 e. The molecule has 3 heterocycles. The first-order valence-corrected chi connectivity index (χ1v) is 12.3. The SMILES string of the molecule is O=C1C2CCCCC2(O)C(=O)N1CCCCN1CCN(c2nsc3ccccc23)CC1. The van der Waals surface area contributed by atoms with Gasteiger partial charge in [0.05, 0.1) is 10.6 Å². The van der Waals surface area contributed by atoms with Crippen LogP contribution in [0.25, 0.3) is 10.1 Å². The van der Waals surface area contributed by atoms with Crippen molar-refractivity contribution < 1.29 is 14.7 Å². The molecule has 3 fully saturated rings. The summed E-state index contributed by atoms with van der Waals surface area (Å²) in [4.78, 5) is 31.4. The van der Waals surface area contributed by atoms with Gasteiger partial charge < -0.3 is 10.0 Å². The number of aromatic nitrogens is 1. The Balaban J connectivity index is 1.08. The number of amides is 2. The Morgan fingerprint density at radius 3 is 2.65 bits per heavy atom. The first-order valence-electron chi connectivity index (χ1n) is 11.5. The van der Waals surface area contributed by atoms with Gasteiger partial charge in [-0.3, -0.25) is 19.4 Å². The van der Waals surface area contributed by atoms with Crippen LogP contribution >= 0.6 is 11.5 Å². The van der Waals surface area contributed by atoms with Gasteiger partial charge in [-0.15, -0.1) is 0 Å². The average molecular weight is 443 g/mol. The second-order valence-electron chi connectivity index (χ2n) is 9.06. The van der Waals surface area contributed by atoms with Crippen molar-refractivity contribution in [1.29, 1.82) is 0 Å². The Bertz CT molecular complexity index is 971. The fraction of sp³-hybridized carbons (Fsp3) is 0.609. The standard InChI is InChI=1S/C23H30N4O3S/c28-21-18-8-3-4-10-23(18,30)22(29)27(21)12-6-5-11-25-13-15-26(16-14-25)20-17-7-1-2-9-19(17)31-24-20/h1-2,7,9,18,30H,3-6,8,10-16H2. The highest BCUT2D eigenvalue weighted by Crippen LogP contribution is 2.41. The number of rotatable bonds is 6. The summed E-state index contributed by atoms with van der Waals surface area (Å²) in [5.74, 6) is 0.0805. The monoisotopic (exact) mass is 442 g/mol. The number of benzene rings is 1. The molecule has 0 bridgehead atoms. The van der Waals surface area contributed by atoms with E-state index >= 15 is 0 Å². The molecule has 7 nitrogen and oxygen atoms in total. The highest BCUT2D eigenvalue weighted by Gasteiger charge is 2.58. The van der Waals surface area contributed by atoms with Crippen molar-refractivity contribution in [2.75, 3.05) is 44.2 Å². The van der Waals surface area contributed by atoms with Gasteiger partial charge in [0.2, 0.25) is 5.91 Å². The maximum absolute atomic E-state index is 12.6. The Morgan fingerprint density at radius 2 is 1.84 bits per heavy atom. The van der Waals surface area contributed by atoms with Crippen LogP contribution in [0.5, 0.6) is 0 Å². The van der Waals surface area contributed by atoms with Gasteiger partial charge in [-0.1, -0.05) is 18.6 Å². The van der Waals surface area contributed by atoms with Gasteiger partial charge >= 0.3 is 0 Å². The molecule has 0 radical (unpaired) electrons. The summed E-state index contributed by atoms with van der Waals surface area (Å²) in [6.07, 6.45) is 4.54. The summed E-state index contributed by atoms with van der Waals surface area (Å²) in [6, 6.07) is 8.39. The Kier molecular flexibility index (Phi) is 5.71. The molecule has 1 aliphatic carbocycles. The lowest BCUT2D eigenvalue weighted by molar-refractivity contribution is -0.148. The molecule has 8 heteroatoms. The maximum atomic E-state index is 12.6. The van der Waals surface area contributed by atoms with Crippen LogP contribution in [0.15, 0.2) is 24.3 Å². The molecule has 1 aromatic heterocycles. The van der Waals surface area contributed by atoms with Crippen molar-refractivity contribution in [3.05, 3.63) is 24.3 Å². The lowest BCUT2D eigenvalue weighted by Gasteiger charge is -2.35. The Hall–Kier alpha value is -2.03. The number of piperazine rings is 1. The van der Waals surface area contributed by atoms with Crippen LogP contribution in [-0.2, 0) is 9.59 Å². The average Bonchev–Trinajstić information content (AvgIpc) is 3.30. The third kappa shape index (κ3) is 3.75. The molecule has 2 aromatic rings. The number of likely N-dealkylation sites (tertiary alicyclic amines) is 1. The predicted molar refractivity (Wildman–Crippen MR) is 121 cm³/mol. The lowest BCUT2D eigenvalue weighted by atomic mass is 9.77. The zero-order chi connectivity index (χ0) is 21.4. The quantitative estimate of drug-likeness (QED) is 0.547. The topological polar surface area (TPSA) is 77.0 Å². The molecule has 2 unspecified atom stereocenters. The number of unbranched alkanes of at least 4 members (excludes halogenated alkanes) is 1. The van der Waals surface area contributed by atoms with Crippen molar-refractivity contribution in [3.63, 3.8) is 0 Å². The highest BCUT2D eigenvalue weighted by molar-refractivity contribution is 7.13. The molecule has 1 aromatic carbocycles. The summed E-state index contributed by atoms with van der Waals surface area (Å²) in [7, 11) is 0. The second kappa shape index (κ2) is 8.48. The Morgan fingerprint density at radius 1 is 1.06 bits per heavy atom. The first-order chi connectivity index (χ1) is 15.1. The molecule has 5 rings (SSSR count). The van der Waals surface area contributed by atoms with E-state index in [9.17, 15) is 14.7 Å². The molecule has 2 amide bonds. The molecule has 1 saturated carbocycles. The number of hydrogen-bond acceptors (Lipinski definition) is 7. The normalized spacial score (nSPS) is 27.3. The number of hydrogen-bond donors (Lipinski definition) is 1. The van der Waals surface area contributed by atoms with Crippen molar-refractivity contribution in [3.8, 4) is 0 Å². The van der Waals surface area contributed by atoms with Gasteiger partial charge in [0.15, 0.2) is 5.60 Å². The minimum Gasteiger partial charge on any atom is -0.379 e. The van der Waals surface area contributed by atoms with E-state index in [1.54, 1.807) is 11.5 Å². The third-order valence-electron chi connectivity index (χ3n) is 7.19. The van der Waals surface area contributed by atoms with E-state index in [4.69, 9.17) is 0 Å². The zero-order valence-corrected chi connectivity index (χ0v) is 18.6. The van der Waals surface area contributed by atoms with Crippen LogP contribution < -0.4 is 4.90 Å². The molecular formula is C23H30N4O3S. The van der Waals surface area contributed by atoms with E-state index in [2.05, 4.69) is 38.4 Å². The van der Waals surface area contributed by atoms with Crippen LogP contribution in [0.2, 0.25) is 0 Å². The van der Waals surface area contributed by atoms with Crippen LogP contribution in [-0.4, -0.2) is 76.0 Å². The van der Waals surface area contributed by atoms with Crippen molar-refractivity contribution >= 4 is 39.3 Å². The van der Waals surface area contributed by atoms with Crippen molar-refractivity contribution in [2.45, 2.75) is 44.1 Å². The zero-order valence-electron chi connectivity index (χ0n) is 17.8. The van der Waals surface area contributed by atoms with Crippen molar-refractivity contribution in [2.24, 2.45) is 5.92 Å². The van der Waals surface area contributed by atoms with Crippen LogP contribution in [0.1, 0.15) is 38.5 Å². The van der Waals surface area contributed by atoms with E-state index in [0.717, 1.165) is 64.2 Å². The number of anilines is 1. The van der Waals surface area contributed by atoms with E-state index in [-0.39, 0.29) is 11.8 Å². The summed E-state index contributed by atoms with van der Waals surface area (Å²) < 4.78 is 5.91. The molecule has 166 valence electrons. The summed E-state index contributed by atoms with van der Waals surface area (Å²) in [5, 5.41) is 12.0. The number of carbonyl (C=O) groups excluding carboxylic acids is 2. The molecule has 2 saturated heterocycles. The molecule has 2 aliphatic heterocycles. The van der Waals surface area contributed by atoms with Gasteiger partial charge in [0.25, 0.3) is 5.91 Å². The van der Waals surface area contributed by atoms with Gasteiger partial charge in [-0.25, -0.2) is 0 Å². The molecule has 2 atom stereocenters.